The molecule has 0 radical (unpaired) electrons. The van der Waals surface area contributed by atoms with Gasteiger partial charge in [0.2, 0.25) is 0 Å². The fraction of sp³-hybridized carbons (Fsp3) is 0.462. The number of guanidine groups is 1. The SMILES string of the molecule is NC(=NCc1ccc(F)cc1F)NCC1CCCO1. The van der Waals surface area contributed by atoms with Crippen molar-refractivity contribution in [1.29, 1.82) is 0 Å². The minimum Gasteiger partial charge on any atom is -0.376 e. The van der Waals surface area contributed by atoms with Crippen LogP contribution in [0.5, 0.6) is 0 Å². The fourth-order valence-electron chi connectivity index (χ4n) is 1.90. The third-order valence-electron chi connectivity index (χ3n) is 2.97. The molecule has 6 heteroatoms. The van der Waals surface area contributed by atoms with Crippen LogP contribution in [0.4, 0.5) is 8.78 Å². The van der Waals surface area contributed by atoms with E-state index in [1.807, 2.05) is 0 Å². The molecule has 1 aromatic carbocycles. The van der Waals surface area contributed by atoms with Crippen molar-refractivity contribution in [3.8, 4) is 0 Å². The van der Waals surface area contributed by atoms with Crippen LogP contribution >= 0.6 is 0 Å². The zero-order valence-electron chi connectivity index (χ0n) is 10.5. The monoisotopic (exact) mass is 269 g/mol. The van der Waals surface area contributed by atoms with Gasteiger partial charge in [0.25, 0.3) is 0 Å². The van der Waals surface area contributed by atoms with Crippen molar-refractivity contribution < 1.29 is 13.5 Å². The van der Waals surface area contributed by atoms with E-state index in [9.17, 15) is 8.78 Å². The van der Waals surface area contributed by atoms with Gasteiger partial charge in [0.1, 0.15) is 11.6 Å². The molecule has 3 N–H and O–H groups in total. The van der Waals surface area contributed by atoms with Crippen molar-refractivity contribution in [2.24, 2.45) is 10.7 Å². The normalized spacial score (nSPS) is 19.7. The molecule has 0 spiro atoms. The first kappa shape index (κ1) is 13.7. The number of ether oxygens (including phenoxy) is 1. The summed E-state index contributed by atoms with van der Waals surface area (Å²) < 4.78 is 31.5. The van der Waals surface area contributed by atoms with Crippen molar-refractivity contribution in [2.75, 3.05) is 13.2 Å². The predicted molar refractivity (Wildman–Crippen MR) is 68.7 cm³/mol. The van der Waals surface area contributed by atoms with Crippen LogP contribution in [-0.2, 0) is 11.3 Å². The lowest BCUT2D eigenvalue weighted by molar-refractivity contribution is 0.114. The van der Waals surface area contributed by atoms with Gasteiger partial charge in [0.15, 0.2) is 5.96 Å². The summed E-state index contributed by atoms with van der Waals surface area (Å²) in [5.41, 5.74) is 5.98. The van der Waals surface area contributed by atoms with E-state index in [4.69, 9.17) is 10.5 Å². The molecule has 1 saturated heterocycles. The first-order chi connectivity index (χ1) is 9.15. The molecule has 104 valence electrons. The second-order valence-electron chi connectivity index (χ2n) is 4.45. The van der Waals surface area contributed by atoms with Gasteiger partial charge in [-0.05, 0) is 18.9 Å². The number of nitrogens with two attached hydrogens (primary N) is 1. The maximum Gasteiger partial charge on any atom is 0.189 e. The number of aliphatic imine (C=N–C) groups is 1. The number of hydrogen-bond donors (Lipinski definition) is 2. The molecule has 1 unspecified atom stereocenters. The lowest BCUT2D eigenvalue weighted by Gasteiger charge is -2.11. The van der Waals surface area contributed by atoms with Crippen molar-refractivity contribution in [2.45, 2.75) is 25.5 Å². The van der Waals surface area contributed by atoms with Crippen molar-refractivity contribution in [3.05, 3.63) is 35.4 Å². The molecule has 0 saturated carbocycles. The van der Waals surface area contributed by atoms with Crippen molar-refractivity contribution >= 4 is 5.96 Å². The van der Waals surface area contributed by atoms with Crippen molar-refractivity contribution in [3.63, 3.8) is 0 Å². The lowest BCUT2D eigenvalue weighted by atomic mass is 10.2. The Balaban J connectivity index is 1.83. The fourth-order valence-corrected chi connectivity index (χ4v) is 1.90. The Kier molecular flexibility index (Phi) is 4.68. The van der Waals surface area contributed by atoms with E-state index >= 15 is 0 Å². The Morgan fingerprint density at radius 1 is 1.47 bits per heavy atom. The summed E-state index contributed by atoms with van der Waals surface area (Å²) in [5.74, 6) is -0.982. The first-order valence-electron chi connectivity index (χ1n) is 6.24. The second kappa shape index (κ2) is 6.47. The summed E-state index contributed by atoms with van der Waals surface area (Å²) in [6.45, 7) is 1.46. The smallest absolute Gasteiger partial charge is 0.189 e. The van der Waals surface area contributed by atoms with Gasteiger partial charge >= 0.3 is 0 Å². The van der Waals surface area contributed by atoms with E-state index in [1.165, 1.54) is 12.1 Å². The number of halogens is 2. The van der Waals surface area contributed by atoms with Crippen molar-refractivity contribution in [1.82, 2.24) is 5.32 Å². The largest absolute Gasteiger partial charge is 0.376 e. The Labute approximate surface area is 110 Å². The second-order valence-corrected chi connectivity index (χ2v) is 4.45. The summed E-state index contributed by atoms with van der Waals surface area (Å²) >= 11 is 0. The zero-order valence-corrected chi connectivity index (χ0v) is 10.5. The molecule has 1 aliphatic heterocycles. The molecule has 4 nitrogen and oxygen atoms in total. The average Bonchev–Trinajstić information content (AvgIpc) is 2.88. The van der Waals surface area contributed by atoms with Gasteiger partial charge < -0.3 is 15.8 Å². The Hall–Kier alpha value is -1.69. The molecule has 2 rings (SSSR count). The molecule has 0 amide bonds. The summed E-state index contributed by atoms with van der Waals surface area (Å²) in [6, 6.07) is 3.40. The van der Waals surface area contributed by atoms with Crippen LogP contribution in [0.1, 0.15) is 18.4 Å². The van der Waals surface area contributed by atoms with Gasteiger partial charge in [0.05, 0.1) is 12.6 Å². The Bertz CT molecular complexity index is 459. The molecular weight excluding hydrogens is 252 g/mol. The van der Waals surface area contributed by atoms with Gasteiger partial charge in [-0.25, -0.2) is 13.8 Å². The Morgan fingerprint density at radius 3 is 3.00 bits per heavy atom. The first-order valence-corrected chi connectivity index (χ1v) is 6.24. The van der Waals surface area contributed by atoms with Crippen LogP contribution in [0.2, 0.25) is 0 Å². The van der Waals surface area contributed by atoms with E-state index < -0.39 is 11.6 Å². The average molecular weight is 269 g/mol. The quantitative estimate of drug-likeness (QED) is 0.644. The number of rotatable bonds is 4. The third-order valence-corrected chi connectivity index (χ3v) is 2.97. The number of benzene rings is 1. The molecule has 1 aromatic rings. The van der Waals surface area contributed by atoms with Gasteiger partial charge in [-0.1, -0.05) is 6.07 Å². The van der Waals surface area contributed by atoms with Gasteiger partial charge in [-0.3, -0.25) is 0 Å². The molecule has 1 fully saturated rings. The molecule has 0 aromatic heterocycles. The van der Waals surface area contributed by atoms with E-state index in [2.05, 4.69) is 10.3 Å². The predicted octanol–water partition coefficient (Wildman–Crippen LogP) is 1.55. The van der Waals surface area contributed by atoms with E-state index in [1.54, 1.807) is 0 Å². The highest BCUT2D eigenvalue weighted by atomic mass is 19.1. The molecule has 0 bridgehead atoms. The highest BCUT2D eigenvalue weighted by Gasteiger charge is 2.14. The summed E-state index contributed by atoms with van der Waals surface area (Å²) in [6.07, 6.45) is 2.23. The van der Waals surface area contributed by atoms with Gasteiger partial charge in [-0.15, -0.1) is 0 Å². The molecule has 0 aliphatic carbocycles. The van der Waals surface area contributed by atoms with E-state index in [0.717, 1.165) is 25.5 Å². The minimum absolute atomic E-state index is 0.0798. The number of nitrogens with zero attached hydrogens (tertiary/aromatic N) is 1. The van der Waals surface area contributed by atoms with Gasteiger partial charge in [0, 0.05) is 24.8 Å². The molecule has 19 heavy (non-hydrogen) atoms. The lowest BCUT2D eigenvalue weighted by Crippen LogP contribution is -2.37. The molecular formula is C13H17F2N3O. The maximum absolute atomic E-state index is 13.3. The topological polar surface area (TPSA) is 59.6 Å². The highest BCUT2D eigenvalue weighted by molar-refractivity contribution is 5.77. The zero-order chi connectivity index (χ0) is 13.7. The summed E-state index contributed by atoms with van der Waals surface area (Å²) in [4.78, 5) is 4.01. The van der Waals surface area contributed by atoms with E-state index in [0.29, 0.717) is 12.1 Å². The van der Waals surface area contributed by atoms with Crippen LogP contribution in [-0.4, -0.2) is 25.2 Å². The molecule has 1 atom stereocenters. The van der Waals surface area contributed by atoms with E-state index in [-0.39, 0.29) is 18.6 Å². The van der Waals surface area contributed by atoms with Crippen LogP contribution in [0.25, 0.3) is 0 Å². The minimum atomic E-state index is -0.615. The summed E-state index contributed by atoms with van der Waals surface area (Å²) in [5, 5.41) is 2.93. The van der Waals surface area contributed by atoms with Gasteiger partial charge in [-0.2, -0.15) is 0 Å². The number of hydrogen-bond acceptors (Lipinski definition) is 2. The van der Waals surface area contributed by atoms with Crippen LogP contribution in [0, 0.1) is 11.6 Å². The number of nitrogens with one attached hydrogen (secondary N) is 1. The molecule has 1 heterocycles. The maximum atomic E-state index is 13.3. The Morgan fingerprint density at radius 2 is 2.32 bits per heavy atom. The third kappa shape index (κ3) is 4.17. The van der Waals surface area contributed by atoms with Crippen LogP contribution in [0.3, 0.4) is 0 Å². The molecule has 1 aliphatic rings. The standard InChI is InChI=1S/C13H17F2N3O/c14-10-4-3-9(12(15)6-10)7-17-13(16)18-8-11-2-1-5-19-11/h3-4,6,11H,1-2,5,7-8H2,(H3,16,17,18). The highest BCUT2D eigenvalue weighted by Crippen LogP contribution is 2.11. The summed E-state index contributed by atoms with van der Waals surface area (Å²) in [7, 11) is 0. The van der Waals surface area contributed by atoms with Crippen LogP contribution in [0.15, 0.2) is 23.2 Å². The van der Waals surface area contributed by atoms with Crippen LogP contribution < -0.4 is 11.1 Å².